The SMILES string of the molecule is CCCCCCCCCCCCCCCC(=O)OC(CCCCCCCCCCCC)C(=O)O[C@H]1[C@H](OP(=O)(O)O)[C@@H](CO)OC(O)[C@@H]1NC(=O)CC(O)CCCCCCCCCCC. The van der Waals surface area contributed by atoms with Crippen molar-refractivity contribution in [3.63, 3.8) is 0 Å². The van der Waals surface area contributed by atoms with Gasteiger partial charge in [-0.15, -0.1) is 0 Å². The Morgan fingerprint density at radius 3 is 1.42 bits per heavy atom. The van der Waals surface area contributed by atoms with Gasteiger partial charge in [-0.25, -0.2) is 9.36 Å². The van der Waals surface area contributed by atoms with Gasteiger partial charge in [-0.2, -0.15) is 0 Å². The summed E-state index contributed by atoms with van der Waals surface area (Å²) in [6.45, 7) is 5.72. The fourth-order valence-electron chi connectivity index (χ4n) is 8.65. The first-order valence-electron chi connectivity index (χ1n) is 26.4. The summed E-state index contributed by atoms with van der Waals surface area (Å²) in [7, 11) is -5.32. The van der Waals surface area contributed by atoms with Crippen LogP contribution in [0.1, 0.15) is 252 Å². The zero-order valence-electron chi connectivity index (χ0n) is 41.2. The highest BCUT2D eigenvalue weighted by molar-refractivity contribution is 7.46. The van der Waals surface area contributed by atoms with Crippen molar-refractivity contribution < 1.29 is 62.8 Å². The zero-order chi connectivity index (χ0) is 48.0. The summed E-state index contributed by atoms with van der Waals surface area (Å²) in [4.78, 5) is 60.2. The fourth-order valence-corrected chi connectivity index (χ4v) is 9.23. The molecule has 0 radical (unpaired) electrons. The monoisotopic (exact) mass is 950 g/mol. The first-order chi connectivity index (χ1) is 31.4. The van der Waals surface area contributed by atoms with E-state index in [-0.39, 0.29) is 19.3 Å². The minimum absolute atomic E-state index is 0.103. The van der Waals surface area contributed by atoms with Crippen LogP contribution in [0.25, 0.3) is 0 Å². The molecular formula is C50H96NO13P. The minimum atomic E-state index is -5.32. The number of hydrogen-bond donors (Lipinski definition) is 6. The van der Waals surface area contributed by atoms with E-state index in [9.17, 15) is 44.1 Å². The summed E-state index contributed by atoms with van der Waals surface area (Å²) in [5.41, 5.74) is 0. The molecule has 0 aromatic heterocycles. The van der Waals surface area contributed by atoms with Gasteiger partial charge in [0.05, 0.1) is 19.1 Å². The third kappa shape index (κ3) is 32.7. The molecule has 0 aliphatic carbocycles. The van der Waals surface area contributed by atoms with E-state index in [1.807, 2.05) is 0 Å². The molecule has 1 aliphatic rings. The van der Waals surface area contributed by atoms with Gasteiger partial charge >= 0.3 is 19.8 Å². The number of phosphoric acid groups is 1. The number of aliphatic hydroxyl groups is 3. The summed E-state index contributed by atoms with van der Waals surface area (Å²) in [6, 6.07) is -1.62. The van der Waals surface area contributed by atoms with Crippen LogP contribution in [0, 0.1) is 0 Å². The average Bonchev–Trinajstić information content (AvgIpc) is 3.26. The molecule has 6 N–H and O–H groups in total. The molecule has 0 bridgehead atoms. The van der Waals surface area contributed by atoms with Gasteiger partial charge in [-0.1, -0.05) is 213 Å². The Balaban J connectivity index is 2.96. The van der Waals surface area contributed by atoms with Gasteiger partial charge in [-0.3, -0.25) is 14.1 Å². The standard InChI is InChI=1S/C50H96NO13P/c1-4-7-10-13-16-19-21-22-23-26-29-32-35-38-45(55)61-42(37-34-31-28-25-20-17-14-11-8-5-2)49(56)63-48-46(50(57)62-43(40-52)47(48)64-65(58,59)60)51-44(54)39-41(53)36-33-30-27-24-18-15-12-9-6-3/h41-43,46-48,50,52-53,57H,4-40H2,1-3H3,(H,51,54)(H2,58,59,60)/t41?,42?,43-,46-,47-,48-,50?/m1/s1. The Hall–Kier alpha value is -1.64. The van der Waals surface area contributed by atoms with Crippen molar-refractivity contribution in [1.82, 2.24) is 5.32 Å². The van der Waals surface area contributed by atoms with Crippen LogP contribution in [-0.4, -0.2) is 92.4 Å². The van der Waals surface area contributed by atoms with Crippen LogP contribution in [0.3, 0.4) is 0 Å². The number of amides is 1. The maximum Gasteiger partial charge on any atom is 0.470 e. The molecule has 3 unspecified atom stereocenters. The molecule has 0 aromatic rings. The lowest BCUT2D eigenvalue weighted by molar-refractivity contribution is -0.257. The van der Waals surface area contributed by atoms with E-state index in [1.54, 1.807) is 0 Å². The number of esters is 2. The molecule has 65 heavy (non-hydrogen) atoms. The van der Waals surface area contributed by atoms with Gasteiger partial charge < -0.3 is 44.6 Å². The highest BCUT2D eigenvalue weighted by atomic mass is 31.2. The molecule has 384 valence electrons. The lowest BCUT2D eigenvalue weighted by Crippen LogP contribution is -2.66. The van der Waals surface area contributed by atoms with E-state index in [0.717, 1.165) is 64.2 Å². The Morgan fingerprint density at radius 2 is 1.00 bits per heavy atom. The second-order valence-electron chi connectivity index (χ2n) is 18.7. The number of hydrogen-bond acceptors (Lipinski definition) is 11. The molecule has 1 saturated heterocycles. The quantitative estimate of drug-likeness (QED) is 0.0190. The highest BCUT2D eigenvalue weighted by Crippen LogP contribution is 2.42. The molecule has 1 heterocycles. The van der Waals surface area contributed by atoms with E-state index in [1.165, 1.54) is 122 Å². The summed E-state index contributed by atoms with van der Waals surface area (Å²) in [5.74, 6) is -2.35. The number of unbranched alkanes of at least 4 members (excludes halogenated alkanes) is 29. The smallest absolute Gasteiger partial charge is 0.454 e. The van der Waals surface area contributed by atoms with Crippen molar-refractivity contribution in [2.24, 2.45) is 0 Å². The normalized spacial score (nSPS) is 19.8. The Bertz CT molecular complexity index is 1220. The molecule has 1 aliphatic heterocycles. The topological polar surface area (TPSA) is 218 Å². The number of rotatable bonds is 44. The molecule has 14 nitrogen and oxygen atoms in total. The third-order valence-electron chi connectivity index (χ3n) is 12.6. The summed E-state index contributed by atoms with van der Waals surface area (Å²) < 4.78 is 34.1. The maximum absolute atomic E-state index is 14.0. The number of ether oxygens (including phenoxy) is 3. The number of nitrogens with one attached hydrogen (secondary N) is 1. The predicted molar refractivity (Wildman–Crippen MR) is 256 cm³/mol. The maximum atomic E-state index is 14.0. The van der Waals surface area contributed by atoms with Crippen LogP contribution in [0.2, 0.25) is 0 Å². The van der Waals surface area contributed by atoms with Crippen LogP contribution in [0.15, 0.2) is 0 Å². The molecule has 1 rings (SSSR count). The van der Waals surface area contributed by atoms with E-state index >= 15 is 0 Å². The lowest BCUT2D eigenvalue weighted by atomic mass is 9.96. The van der Waals surface area contributed by atoms with Crippen LogP contribution in [-0.2, 0) is 37.7 Å². The second-order valence-corrected chi connectivity index (χ2v) is 19.9. The largest absolute Gasteiger partial charge is 0.470 e. The summed E-state index contributed by atoms with van der Waals surface area (Å²) in [6.07, 6.45) is 26.1. The number of carbonyl (C=O) groups excluding carboxylic acids is 3. The highest BCUT2D eigenvalue weighted by Gasteiger charge is 2.51. The van der Waals surface area contributed by atoms with Crippen molar-refractivity contribution >= 4 is 25.7 Å². The van der Waals surface area contributed by atoms with E-state index in [0.29, 0.717) is 25.7 Å². The fraction of sp³-hybridized carbons (Fsp3) is 0.940. The molecular weight excluding hydrogens is 854 g/mol. The van der Waals surface area contributed by atoms with Gasteiger partial charge in [0.2, 0.25) is 5.91 Å². The number of carbonyl (C=O) groups is 3. The van der Waals surface area contributed by atoms with Crippen molar-refractivity contribution in [2.45, 2.75) is 295 Å². The molecule has 15 heteroatoms. The molecule has 0 saturated carbocycles. The second kappa shape index (κ2) is 40.3. The van der Waals surface area contributed by atoms with Gasteiger partial charge in [0.25, 0.3) is 0 Å². The van der Waals surface area contributed by atoms with Gasteiger partial charge in [0.1, 0.15) is 18.2 Å². The van der Waals surface area contributed by atoms with Gasteiger partial charge in [0, 0.05) is 6.42 Å². The van der Waals surface area contributed by atoms with Gasteiger partial charge in [-0.05, 0) is 25.7 Å². The van der Waals surface area contributed by atoms with Crippen LogP contribution >= 0.6 is 7.82 Å². The third-order valence-corrected chi connectivity index (χ3v) is 13.1. The van der Waals surface area contributed by atoms with Crippen molar-refractivity contribution in [3.05, 3.63) is 0 Å². The summed E-state index contributed by atoms with van der Waals surface area (Å²) >= 11 is 0. The summed E-state index contributed by atoms with van der Waals surface area (Å²) in [5, 5.41) is 34.3. The van der Waals surface area contributed by atoms with E-state index < -0.39 is 75.1 Å². The lowest BCUT2D eigenvalue weighted by Gasteiger charge is -2.44. The molecule has 1 amide bonds. The molecule has 0 spiro atoms. The molecule has 1 fully saturated rings. The van der Waals surface area contributed by atoms with Crippen LogP contribution in [0.4, 0.5) is 0 Å². The zero-order valence-corrected chi connectivity index (χ0v) is 42.0. The first-order valence-corrected chi connectivity index (χ1v) is 27.9. The molecule has 7 atom stereocenters. The Morgan fingerprint density at radius 1 is 0.600 bits per heavy atom. The average molecular weight is 950 g/mol. The van der Waals surface area contributed by atoms with Crippen LogP contribution < -0.4 is 5.32 Å². The van der Waals surface area contributed by atoms with E-state index in [2.05, 4.69) is 26.1 Å². The number of aliphatic hydroxyl groups excluding tert-OH is 3. The van der Waals surface area contributed by atoms with Crippen molar-refractivity contribution in [3.8, 4) is 0 Å². The molecule has 0 aromatic carbocycles. The van der Waals surface area contributed by atoms with Crippen molar-refractivity contribution in [2.75, 3.05) is 6.61 Å². The Labute approximate surface area is 394 Å². The Kier molecular flexibility index (Phi) is 38.0. The van der Waals surface area contributed by atoms with E-state index in [4.69, 9.17) is 18.7 Å². The first kappa shape index (κ1) is 61.4. The predicted octanol–water partition coefficient (Wildman–Crippen LogP) is 10.9. The van der Waals surface area contributed by atoms with Crippen LogP contribution in [0.5, 0.6) is 0 Å². The minimum Gasteiger partial charge on any atom is -0.454 e. The van der Waals surface area contributed by atoms with Gasteiger partial charge in [0.15, 0.2) is 18.5 Å². The van der Waals surface area contributed by atoms with Crippen molar-refractivity contribution in [1.29, 1.82) is 0 Å². The number of phosphoric ester groups is 1.